The van der Waals surface area contributed by atoms with Gasteiger partial charge in [-0.1, -0.05) is 18.2 Å². The molecular formula is C19H16N8O. The van der Waals surface area contributed by atoms with E-state index in [4.69, 9.17) is 0 Å². The van der Waals surface area contributed by atoms with Crippen LogP contribution in [0.3, 0.4) is 0 Å². The number of hydrogen-bond acceptors (Lipinski definition) is 6. The van der Waals surface area contributed by atoms with Gasteiger partial charge in [-0.15, -0.1) is 0 Å². The van der Waals surface area contributed by atoms with E-state index in [0.29, 0.717) is 29.0 Å². The number of hydrogen-bond donors (Lipinski definition) is 2. The number of H-pyrrole nitrogens is 1. The summed E-state index contributed by atoms with van der Waals surface area (Å²) in [6.45, 7) is 0.529. The number of aryl methyl sites for hydroxylation is 1. The zero-order valence-electron chi connectivity index (χ0n) is 15.0. The highest BCUT2D eigenvalue weighted by Gasteiger charge is 2.16. The third-order valence-corrected chi connectivity index (χ3v) is 4.55. The third-order valence-electron chi connectivity index (χ3n) is 4.55. The van der Waals surface area contributed by atoms with Crippen molar-refractivity contribution < 1.29 is 0 Å². The fraction of sp³-hybridized carbons (Fsp3) is 0.105. The Hall–Kier alpha value is -4.01. The van der Waals surface area contributed by atoms with Crippen molar-refractivity contribution in [1.82, 2.24) is 34.5 Å². The van der Waals surface area contributed by atoms with Crippen LogP contribution < -0.4 is 10.9 Å². The maximum absolute atomic E-state index is 13.1. The van der Waals surface area contributed by atoms with Crippen LogP contribution in [0.2, 0.25) is 0 Å². The second-order valence-electron chi connectivity index (χ2n) is 6.44. The molecule has 4 aromatic heterocycles. The summed E-state index contributed by atoms with van der Waals surface area (Å²) in [6.07, 6.45) is 6.93. The highest BCUT2D eigenvalue weighted by molar-refractivity contribution is 6.02. The highest BCUT2D eigenvalue weighted by Crippen LogP contribution is 2.22. The molecule has 0 saturated carbocycles. The first-order valence-electron chi connectivity index (χ1n) is 8.72. The van der Waals surface area contributed by atoms with Gasteiger partial charge in [0, 0.05) is 31.5 Å². The van der Waals surface area contributed by atoms with Crippen molar-refractivity contribution in [2.24, 2.45) is 7.05 Å². The van der Waals surface area contributed by atoms with Gasteiger partial charge in [0.1, 0.15) is 0 Å². The molecule has 9 nitrogen and oxygen atoms in total. The molecule has 9 heteroatoms. The lowest BCUT2D eigenvalue weighted by Gasteiger charge is -2.11. The molecule has 5 rings (SSSR count). The van der Waals surface area contributed by atoms with Crippen LogP contribution in [0.1, 0.15) is 5.56 Å². The lowest BCUT2D eigenvalue weighted by molar-refractivity contribution is 0.767. The largest absolute Gasteiger partial charge is 0.350 e. The van der Waals surface area contributed by atoms with Gasteiger partial charge in [-0.2, -0.15) is 15.2 Å². The molecule has 0 unspecified atom stereocenters. The highest BCUT2D eigenvalue weighted by atomic mass is 16.1. The molecule has 5 aromatic rings. The van der Waals surface area contributed by atoms with E-state index in [1.807, 2.05) is 43.6 Å². The summed E-state index contributed by atoms with van der Waals surface area (Å²) < 4.78 is 3.32. The van der Waals surface area contributed by atoms with Gasteiger partial charge in [0.15, 0.2) is 5.65 Å². The molecule has 0 aliphatic carbocycles. The van der Waals surface area contributed by atoms with Crippen LogP contribution >= 0.6 is 0 Å². The van der Waals surface area contributed by atoms with Crippen molar-refractivity contribution >= 4 is 27.9 Å². The van der Waals surface area contributed by atoms with E-state index in [9.17, 15) is 4.79 Å². The molecule has 0 aliphatic heterocycles. The van der Waals surface area contributed by atoms with E-state index in [1.165, 1.54) is 6.20 Å². The summed E-state index contributed by atoms with van der Waals surface area (Å²) >= 11 is 0. The normalized spacial score (nSPS) is 11.3. The Morgan fingerprint density at radius 2 is 1.96 bits per heavy atom. The Bertz CT molecular complexity index is 1350. The number of pyridine rings is 1. The Morgan fingerprint density at radius 1 is 1.11 bits per heavy atom. The molecule has 4 heterocycles. The fourth-order valence-corrected chi connectivity index (χ4v) is 3.24. The molecule has 0 aliphatic rings. The molecule has 138 valence electrons. The van der Waals surface area contributed by atoms with Gasteiger partial charge in [0.2, 0.25) is 5.95 Å². The number of nitrogens with zero attached hydrogens (tertiary/aromatic N) is 6. The molecule has 0 saturated heterocycles. The standard InChI is InChI=1S/C19H16N8O/c1-26-11-12(8-23-26)7-20-19-21-9-14-16-15(10-22-25-16)18(28)27(17(14)24-19)13-5-3-2-4-6-13/h2-6,8-11H,7H2,1H3,(H,22,25)(H,20,21,24). The van der Waals surface area contributed by atoms with Gasteiger partial charge >= 0.3 is 0 Å². The van der Waals surface area contributed by atoms with Crippen LogP contribution in [0, 0.1) is 0 Å². The van der Waals surface area contributed by atoms with E-state index < -0.39 is 0 Å². The number of rotatable bonds is 4. The van der Waals surface area contributed by atoms with Gasteiger partial charge in [-0.25, -0.2) is 4.98 Å². The quantitative estimate of drug-likeness (QED) is 0.500. The number of aromatic amines is 1. The minimum atomic E-state index is -0.181. The first-order valence-corrected chi connectivity index (χ1v) is 8.72. The van der Waals surface area contributed by atoms with Gasteiger partial charge in [0.25, 0.3) is 5.56 Å². The lowest BCUT2D eigenvalue weighted by Crippen LogP contribution is -2.20. The molecule has 0 amide bonds. The number of aromatic nitrogens is 7. The molecule has 2 N–H and O–H groups in total. The van der Waals surface area contributed by atoms with Gasteiger partial charge in [0.05, 0.1) is 34.4 Å². The summed E-state index contributed by atoms with van der Waals surface area (Å²) in [4.78, 5) is 22.1. The number of benzene rings is 1. The Morgan fingerprint density at radius 3 is 2.75 bits per heavy atom. The Labute approximate surface area is 158 Å². The number of para-hydroxylation sites is 1. The molecule has 1 aromatic carbocycles. The summed E-state index contributed by atoms with van der Waals surface area (Å²) in [5.41, 5.74) is 2.70. The summed E-state index contributed by atoms with van der Waals surface area (Å²) in [7, 11) is 1.87. The van der Waals surface area contributed by atoms with Crippen molar-refractivity contribution in [3.63, 3.8) is 0 Å². The van der Waals surface area contributed by atoms with Crippen LogP contribution in [0.25, 0.3) is 27.6 Å². The number of nitrogens with one attached hydrogen (secondary N) is 2. The van der Waals surface area contributed by atoms with Crippen LogP contribution in [0.15, 0.2) is 59.9 Å². The maximum atomic E-state index is 13.1. The first kappa shape index (κ1) is 16.2. The van der Waals surface area contributed by atoms with Crippen molar-refractivity contribution in [1.29, 1.82) is 0 Å². The Kier molecular flexibility index (Phi) is 3.64. The van der Waals surface area contributed by atoms with Crippen molar-refractivity contribution in [3.05, 3.63) is 71.0 Å². The predicted octanol–water partition coefficient (Wildman–Crippen LogP) is 2.00. The smallest absolute Gasteiger partial charge is 0.267 e. The molecule has 0 bridgehead atoms. The summed E-state index contributed by atoms with van der Waals surface area (Å²) in [5.74, 6) is 0.430. The summed E-state index contributed by atoms with van der Waals surface area (Å²) in [5, 5.41) is 15.5. The van der Waals surface area contributed by atoms with Gasteiger partial charge < -0.3 is 5.32 Å². The second kappa shape index (κ2) is 6.31. The monoisotopic (exact) mass is 372 g/mol. The van der Waals surface area contributed by atoms with Crippen LogP contribution in [-0.2, 0) is 13.6 Å². The third kappa shape index (κ3) is 2.60. The van der Waals surface area contributed by atoms with Crippen LogP contribution in [-0.4, -0.2) is 34.5 Å². The fourth-order valence-electron chi connectivity index (χ4n) is 3.24. The second-order valence-corrected chi connectivity index (χ2v) is 6.44. The average Bonchev–Trinajstić information content (AvgIpc) is 3.37. The van der Waals surface area contributed by atoms with Crippen molar-refractivity contribution in [2.45, 2.75) is 6.54 Å². The predicted molar refractivity (Wildman–Crippen MR) is 105 cm³/mol. The zero-order valence-corrected chi connectivity index (χ0v) is 15.0. The van der Waals surface area contributed by atoms with Crippen molar-refractivity contribution in [2.75, 3.05) is 5.32 Å². The van der Waals surface area contributed by atoms with E-state index in [2.05, 4.69) is 30.6 Å². The van der Waals surface area contributed by atoms with Crippen LogP contribution in [0.4, 0.5) is 5.95 Å². The van der Waals surface area contributed by atoms with Gasteiger partial charge in [-0.05, 0) is 12.1 Å². The molecule has 28 heavy (non-hydrogen) atoms. The average molecular weight is 372 g/mol. The van der Waals surface area contributed by atoms with Crippen molar-refractivity contribution in [3.8, 4) is 5.69 Å². The minimum absolute atomic E-state index is 0.181. The number of anilines is 1. The maximum Gasteiger partial charge on any atom is 0.267 e. The molecule has 0 fully saturated rings. The van der Waals surface area contributed by atoms with E-state index >= 15 is 0 Å². The topological polar surface area (TPSA) is 106 Å². The molecular weight excluding hydrogens is 356 g/mol. The van der Waals surface area contributed by atoms with E-state index in [0.717, 1.165) is 16.6 Å². The summed E-state index contributed by atoms with van der Waals surface area (Å²) in [6, 6.07) is 9.42. The lowest BCUT2D eigenvalue weighted by atomic mass is 10.2. The minimum Gasteiger partial charge on any atom is -0.350 e. The van der Waals surface area contributed by atoms with Crippen LogP contribution in [0.5, 0.6) is 0 Å². The van der Waals surface area contributed by atoms with Gasteiger partial charge in [-0.3, -0.25) is 19.1 Å². The zero-order chi connectivity index (χ0) is 19.1. The first-order chi connectivity index (χ1) is 13.7. The molecule has 0 atom stereocenters. The molecule has 0 spiro atoms. The van der Waals surface area contributed by atoms with E-state index in [1.54, 1.807) is 21.6 Å². The molecule has 0 radical (unpaired) electrons. The SMILES string of the molecule is Cn1cc(CNc2ncc3c4[nH]ncc4c(=O)n(-c4ccccc4)c3n2)cn1. The number of fused-ring (bicyclic) bond motifs is 3. The van der Waals surface area contributed by atoms with E-state index in [-0.39, 0.29) is 5.56 Å². The Balaban J connectivity index is 1.68.